The standard InChI is InChI=1S/C16H25N5O4/c1-9(2)13(17)15(23)21-5-3-4-12(21)14(22)20-11(16(24)25)6-10-7-18-8-19-10/h7-9,11-13H,3-6,17H2,1-2H3,(H,18,19)(H,20,22)(H,24,25). The molecule has 3 atom stereocenters. The van der Waals surface area contributed by atoms with Crippen LogP contribution in [0, 0.1) is 5.92 Å². The molecule has 0 spiro atoms. The summed E-state index contributed by atoms with van der Waals surface area (Å²) >= 11 is 0. The molecule has 1 fully saturated rings. The van der Waals surface area contributed by atoms with Crippen LogP contribution in [-0.4, -0.2) is 62.4 Å². The van der Waals surface area contributed by atoms with Crippen molar-refractivity contribution in [2.24, 2.45) is 11.7 Å². The van der Waals surface area contributed by atoms with E-state index >= 15 is 0 Å². The van der Waals surface area contributed by atoms with E-state index in [1.807, 2.05) is 13.8 Å². The van der Waals surface area contributed by atoms with E-state index in [0.29, 0.717) is 25.1 Å². The Hall–Kier alpha value is -2.42. The average Bonchev–Trinajstić information content (AvgIpc) is 3.23. The molecule has 25 heavy (non-hydrogen) atoms. The molecule has 1 aliphatic rings. The third-order valence-corrected chi connectivity index (χ3v) is 4.44. The second-order valence-corrected chi connectivity index (χ2v) is 6.64. The molecular formula is C16H25N5O4. The molecule has 2 heterocycles. The minimum absolute atomic E-state index is 0.0380. The first kappa shape index (κ1) is 18.9. The first-order valence-corrected chi connectivity index (χ1v) is 8.37. The molecule has 1 aromatic heterocycles. The van der Waals surface area contributed by atoms with E-state index in [4.69, 9.17) is 5.73 Å². The highest BCUT2D eigenvalue weighted by Gasteiger charge is 2.38. The Morgan fingerprint density at radius 2 is 2.20 bits per heavy atom. The molecule has 2 rings (SSSR count). The number of nitrogens with one attached hydrogen (secondary N) is 2. The summed E-state index contributed by atoms with van der Waals surface area (Å²) in [6.45, 7) is 4.15. The Bertz CT molecular complexity index is 616. The number of hydrogen-bond acceptors (Lipinski definition) is 5. The van der Waals surface area contributed by atoms with Gasteiger partial charge in [0.25, 0.3) is 0 Å². The third kappa shape index (κ3) is 4.56. The number of carbonyl (C=O) groups excluding carboxylic acids is 2. The fraction of sp³-hybridized carbons (Fsp3) is 0.625. The molecule has 9 heteroatoms. The summed E-state index contributed by atoms with van der Waals surface area (Å²) in [6.07, 6.45) is 4.23. The van der Waals surface area contributed by atoms with Crippen molar-refractivity contribution in [3.8, 4) is 0 Å². The van der Waals surface area contributed by atoms with Gasteiger partial charge in [-0.05, 0) is 18.8 Å². The van der Waals surface area contributed by atoms with Gasteiger partial charge in [-0.3, -0.25) is 9.59 Å². The number of aliphatic carboxylic acids is 1. The van der Waals surface area contributed by atoms with E-state index in [9.17, 15) is 19.5 Å². The van der Waals surface area contributed by atoms with Gasteiger partial charge < -0.3 is 26.0 Å². The Morgan fingerprint density at radius 1 is 1.48 bits per heavy atom. The van der Waals surface area contributed by atoms with Gasteiger partial charge in [-0.25, -0.2) is 9.78 Å². The number of nitrogens with two attached hydrogens (primary N) is 1. The second kappa shape index (κ2) is 8.11. The van der Waals surface area contributed by atoms with Gasteiger partial charge in [0.05, 0.1) is 12.4 Å². The van der Waals surface area contributed by atoms with Crippen LogP contribution in [0.3, 0.4) is 0 Å². The van der Waals surface area contributed by atoms with E-state index in [-0.39, 0.29) is 18.2 Å². The van der Waals surface area contributed by atoms with Crippen molar-refractivity contribution in [3.05, 3.63) is 18.2 Å². The van der Waals surface area contributed by atoms with Gasteiger partial charge in [-0.15, -0.1) is 0 Å². The van der Waals surface area contributed by atoms with E-state index in [1.54, 1.807) is 0 Å². The van der Waals surface area contributed by atoms with E-state index in [2.05, 4.69) is 15.3 Å². The molecule has 2 amide bonds. The van der Waals surface area contributed by atoms with Crippen molar-refractivity contribution in [2.75, 3.05) is 6.54 Å². The van der Waals surface area contributed by atoms with Crippen LogP contribution in [0.1, 0.15) is 32.4 Å². The number of aromatic amines is 1. The maximum Gasteiger partial charge on any atom is 0.326 e. The van der Waals surface area contributed by atoms with Crippen LogP contribution in [-0.2, 0) is 20.8 Å². The number of rotatable bonds is 7. The second-order valence-electron chi connectivity index (χ2n) is 6.64. The molecule has 3 unspecified atom stereocenters. The topological polar surface area (TPSA) is 141 Å². The van der Waals surface area contributed by atoms with Crippen molar-refractivity contribution in [1.29, 1.82) is 0 Å². The van der Waals surface area contributed by atoms with Crippen molar-refractivity contribution in [3.63, 3.8) is 0 Å². The van der Waals surface area contributed by atoms with Crippen LogP contribution in [0.5, 0.6) is 0 Å². The molecular weight excluding hydrogens is 326 g/mol. The largest absolute Gasteiger partial charge is 0.480 e. The molecule has 5 N–H and O–H groups in total. The molecule has 1 saturated heterocycles. The summed E-state index contributed by atoms with van der Waals surface area (Å²) in [5.41, 5.74) is 6.52. The molecule has 1 aliphatic heterocycles. The number of aromatic nitrogens is 2. The number of hydrogen-bond donors (Lipinski definition) is 4. The molecule has 0 aliphatic carbocycles. The van der Waals surface area contributed by atoms with Gasteiger partial charge in [0.15, 0.2) is 0 Å². The Balaban J connectivity index is 2.04. The lowest BCUT2D eigenvalue weighted by Gasteiger charge is -2.28. The predicted octanol–water partition coefficient (Wildman–Crippen LogP) is -0.504. The Morgan fingerprint density at radius 3 is 2.76 bits per heavy atom. The lowest BCUT2D eigenvalue weighted by molar-refractivity contribution is -0.144. The quantitative estimate of drug-likeness (QED) is 0.521. The summed E-state index contributed by atoms with van der Waals surface area (Å²) in [5, 5.41) is 11.9. The van der Waals surface area contributed by atoms with E-state index < -0.39 is 30.0 Å². The first-order chi connectivity index (χ1) is 11.8. The van der Waals surface area contributed by atoms with Gasteiger partial charge in [-0.1, -0.05) is 13.8 Å². The molecule has 1 aromatic rings. The summed E-state index contributed by atoms with van der Waals surface area (Å²) in [6, 6.07) is -2.45. The van der Waals surface area contributed by atoms with Crippen molar-refractivity contribution in [2.45, 2.75) is 51.2 Å². The molecule has 0 bridgehead atoms. The van der Waals surface area contributed by atoms with Crippen LogP contribution in [0.15, 0.2) is 12.5 Å². The number of nitrogens with zero attached hydrogens (tertiary/aromatic N) is 2. The number of amides is 2. The highest BCUT2D eigenvalue weighted by atomic mass is 16.4. The third-order valence-electron chi connectivity index (χ3n) is 4.44. The lowest BCUT2D eigenvalue weighted by atomic mass is 10.0. The first-order valence-electron chi connectivity index (χ1n) is 8.37. The van der Waals surface area contributed by atoms with E-state index in [0.717, 1.165) is 0 Å². The SMILES string of the molecule is CC(C)C(N)C(=O)N1CCCC1C(=O)NC(Cc1cnc[nH]1)C(=O)O. The zero-order valence-electron chi connectivity index (χ0n) is 14.4. The molecule has 138 valence electrons. The zero-order valence-corrected chi connectivity index (χ0v) is 14.4. The fourth-order valence-corrected chi connectivity index (χ4v) is 2.86. The normalized spacial score (nSPS) is 19.7. The monoisotopic (exact) mass is 351 g/mol. The number of carbonyl (C=O) groups is 3. The summed E-state index contributed by atoms with van der Waals surface area (Å²) < 4.78 is 0. The van der Waals surface area contributed by atoms with Crippen LogP contribution in [0.25, 0.3) is 0 Å². The summed E-state index contributed by atoms with van der Waals surface area (Å²) in [5.74, 6) is -1.91. The van der Waals surface area contributed by atoms with Crippen LogP contribution >= 0.6 is 0 Å². The smallest absolute Gasteiger partial charge is 0.326 e. The number of likely N-dealkylation sites (tertiary alicyclic amines) is 1. The molecule has 0 aromatic carbocycles. The maximum absolute atomic E-state index is 12.6. The summed E-state index contributed by atoms with van der Waals surface area (Å²) in [7, 11) is 0. The van der Waals surface area contributed by atoms with Gasteiger partial charge >= 0.3 is 5.97 Å². The highest BCUT2D eigenvalue weighted by Crippen LogP contribution is 2.20. The van der Waals surface area contributed by atoms with Gasteiger partial charge in [0.2, 0.25) is 11.8 Å². The van der Waals surface area contributed by atoms with E-state index in [1.165, 1.54) is 17.4 Å². The minimum atomic E-state index is -1.14. The fourth-order valence-electron chi connectivity index (χ4n) is 2.86. The minimum Gasteiger partial charge on any atom is -0.480 e. The number of carboxylic acids is 1. The Kier molecular flexibility index (Phi) is 6.13. The summed E-state index contributed by atoms with van der Waals surface area (Å²) in [4.78, 5) is 44.6. The average molecular weight is 351 g/mol. The number of H-pyrrole nitrogens is 1. The number of carboxylic acid groups (broad SMARTS) is 1. The van der Waals surface area contributed by atoms with Crippen LogP contribution in [0.4, 0.5) is 0 Å². The van der Waals surface area contributed by atoms with Gasteiger partial charge in [0.1, 0.15) is 12.1 Å². The highest BCUT2D eigenvalue weighted by molar-refractivity contribution is 5.92. The van der Waals surface area contributed by atoms with Crippen LogP contribution in [0.2, 0.25) is 0 Å². The van der Waals surface area contributed by atoms with Crippen molar-refractivity contribution < 1.29 is 19.5 Å². The lowest BCUT2D eigenvalue weighted by Crippen LogP contribution is -2.55. The van der Waals surface area contributed by atoms with Crippen LogP contribution < -0.4 is 11.1 Å². The molecule has 0 saturated carbocycles. The predicted molar refractivity (Wildman–Crippen MR) is 89.4 cm³/mol. The Labute approximate surface area is 146 Å². The van der Waals surface area contributed by atoms with Gasteiger partial charge in [-0.2, -0.15) is 0 Å². The van der Waals surface area contributed by atoms with Crippen molar-refractivity contribution in [1.82, 2.24) is 20.2 Å². The maximum atomic E-state index is 12.6. The van der Waals surface area contributed by atoms with Crippen molar-refractivity contribution >= 4 is 17.8 Å². The number of imidazole rings is 1. The van der Waals surface area contributed by atoms with Gasteiger partial charge in [0, 0.05) is 24.9 Å². The molecule has 0 radical (unpaired) electrons. The zero-order chi connectivity index (χ0) is 18.6. The molecule has 9 nitrogen and oxygen atoms in total.